The number of hydrogen-bond acceptors (Lipinski definition) is 0. The molecule has 1 nitrogen and oxygen atoms in total. The van der Waals surface area contributed by atoms with E-state index in [0.29, 0.717) is 5.52 Å². The minimum atomic E-state index is -4.29. The Kier molecular flexibility index (Phi) is 2.30. The number of alkyl halides is 3. The number of H-pyrrole nitrogens is 1. The number of halogens is 4. The monoisotopic (exact) mass is 277 g/mol. The summed E-state index contributed by atoms with van der Waals surface area (Å²) in [5, 5.41) is 0.764. The molecule has 1 N–H and O–H groups in total. The van der Waals surface area contributed by atoms with Crippen LogP contribution in [0.4, 0.5) is 13.2 Å². The number of hydrogen-bond donors (Lipinski definition) is 1. The van der Waals surface area contributed by atoms with Gasteiger partial charge in [0.05, 0.1) is 5.56 Å². The van der Waals surface area contributed by atoms with Crippen LogP contribution in [-0.4, -0.2) is 4.98 Å². The summed E-state index contributed by atoms with van der Waals surface area (Å²) in [5.74, 6) is 0. The number of fused-ring (bicyclic) bond motifs is 1. The Morgan fingerprint density at radius 2 is 1.93 bits per heavy atom. The molecule has 0 fully saturated rings. The molecule has 0 atom stereocenters. The third-order valence-corrected chi connectivity index (χ3v) is 3.26. The van der Waals surface area contributed by atoms with Gasteiger partial charge in [0.2, 0.25) is 0 Å². The second-order valence-corrected chi connectivity index (χ2v) is 4.12. The molecule has 0 radical (unpaired) electrons. The largest absolute Gasteiger partial charge is 0.416 e. The maximum Gasteiger partial charge on any atom is 0.416 e. The van der Waals surface area contributed by atoms with Crippen LogP contribution in [0.15, 0.2) is 22.7 Å². The standard InChI is InChI=1S/C10H7BrF3N/c1-5-9(11)7-3-2-6(10(12,13)14)4-8(7)15-5/h2-4,15H,1H3. The molecular weight excluding hydrogens is 271 g/mol. The Bertz CT molecular complexity index is 513. The summed E-state index contributed by atoms with van der Waals surface area (Å²) in [4.78, 5) is 2.89. The van der Waals surface area contributed by atoms with Crippen LogP contribution in [0.5, 0.6) is 0 Å². The van der Waals surface area contributed by atoms with E-state index in [-0.39, 0.29) is 0 Å². The molecule has 0 amide bonds. The lowest BCUT2D eigenvalue weighted by Crippen LogP contribution is -2.03. The van der Waals surface area contributed by atoms with Crippen LogP contribution in [0.3, 0.4) is 0 Å². The van der Waals surface area contributed by atoms with Gasteiger partial charge in [0.25, 0.3) is 0 Å². The predicted molar refractivity (Wildman–Crippen MR) is 55.7 cm³/mol. The molecule has 0 aliphatic heterocycles. The van der Waals surface area contributed by atoms with Gasteiger partial charge in [-0.05, 0) is 35.0 Å². The molecule has 80 valence electrons. The van der Waals surface area contributed by atoms with E-state index in [1.165, 1.54) is 6.07 Å². The normalized spacial score (nSPS) is 12.3. The first-order valence-electron chi connectivity index (χ1n) is 4.24. The summed E-state index contributed by atoms with van der Waals surface area (Å²) in [6, 6.07) is 3.67. The first kappa shape index (κ1) is 10.5. The molecule has 0 bridgehead atoms. The molecule has 0 spiro atoms. The van der Waals surface area contributed by atoms with Crippen molar-refractivity contribution < 1.29 is 13.2 Å². The van der Waals surface area contributed by atoms with Gasteiger partial charge in [-0.1, -0.05) is 6.07 Å². The van der Waals surface area contributed by atoms with Crippen molar-refractivity contribution in [2.24, 2.45) is 0 Å². The lowest BCUT2D eigenvalue weighted by Gasteiger charge is -2.05. The van der Waals surface area contributed by atoms with Crippen molar-refractivity contribution in [1.29, 1.82) is 0 Å². The Morgan fingerprint density at radius 3 is 2.53 bits per heavy atom. The van der Waals surface area contributed by atoms with Crippen LogP contribution in [0.2, 0.25) is 0 Å². The average Bonchev–Trinajstić information content (AvgIpc) is 2.41. The Balaban J connectivity index is 2.67. The summed E-state index contributed by atoms with van der Waals surface area (Å²) in [5.41, 5.74) is 0.683. The zero-order chi connectivity index (χ0) is 11.2. The highest BCUT2D eigenvalue weighted by molar-refractivity contribution is 9.10. The quantitative estimate of drug-likeness (QED) is 0.741. The van der Waals surface area contributed by atoms with E-state index in [2.05, 4.69) is 20.9 Å². The molecule has 2 rings (SSSR count). The highest BCUT2D eigenvalue weighted by Crippen LogP contribution is 2.34. The van der Waals surface area contributed by atoms with Crippen LogP contribution >= 0.6 is 15.9 Å². The predicted octanol–water partition coefficient (Wildman–Crippen LogP) is 4.26. The van der Waals surface area contributed by atoms with Gasteiger partial charge in [0, 0.05) is 21.1 Å². The smallest absolute Gasteiger partial charge is 0.358 e. The topological polar surface area (TPSA) is 15.8 Å². The lowest BCUT2D eigenvalue weighted by atomic mass is 10.1. The van der Waals surface area contributed by atoms with Gasteiger partial charge in [0.1, 0.15) is 0 Å². The third kappa shape index (κ3) is 1.76. The van der Waals surface area contributed by atoms with Crippen LogP contribution in [0.25, 0.3) is 10.9 Å². The highest BCUT2D eigenvalue weighted by atomic mass is 79.9. The van der Waals surface area contributed by atoms with Crippen molar-refractivity contribution in [2.75, 3.05) is 0 Å². The van der Waals surface area contributed by atoms with Crippen LogP contribution < -0.4 is 0 Å². The summed E-state index contributed by atoms with van der Waals surface area (Å²) >= 11 is 3.31. The number of aromatic nitrogens is 1. The molecule has 0 saturated heterocycles. The van der Waals surface area contributed by atoms with Crippen LogP contribution in [0.1, 0.15) is 11.3 Å². The summed E-state index contributed by atoms with van der Waals surface area (Å²) in [6.07, 6.45) is -4.29. The van der Waals surface area contributed by atoms with Gasteiger partial charge >= 0.3 is 6.18 Å². The minimum Gasteiger partial charge on any atom is -0.358 e. The SMILES string of the molecule is Cc1[nH]c2cc(C(F)(F)F)ccc2c1Br. The van der Waals surface area contributed by atoms with Crippen molar-refractivity contribution in [3.8, 4) is 0 Å². The fourth-order valence-electron chi connectivity index (χ4n) is 1.47. The molecule has 0 unspecified atom stereocenters. The number of nitrogens with one attached hydrogen (secondary N) is 1. The minimum absolute atomic E-state index is 0.495. The van der Waals surface area contributed by atoms with Gasteiger partial charge in [0.15, 0.2) is 0 Å². The van der Waals surface area contributed by atoms with Crippen molar-refractivity contribution in [3.05, 3.63) is 33.9 Å². The molecule has 1 heterocycles. The van der Waals surface area contributed by atoms with Crippen molar-refractivity contribution >= 4 is 26.8 Å². The van der Waals surface area contributed by atoms with E-state index in [1.54, 1.807) is 6.92 Å². The average molecular weight is 278 g/mol. The summed E-state index contributed by atoms with van der Waals surface area (Å²) < 4.78 is 38.0. The van der Waals surface area contributed by atoms with Gasteiger partial charge in [-0.2, -0.15) is 13.2 Å². The molecule has 15 heavy (non-hydrogen) atoms. The third-order valence-electron chi connectivity index (χ3n) is 2.23. The van der Waals surface area contributed by atoms with Crippen molar-refractivity contribution in [2.45, 2.75) is 13.1 Å². The zero-order valence-corrected chi connectivity index (χ0v) is 9.33. The Morgan fingerprint density at radius 1 is 1.27 bits per heavy atom. The molecule has 0 saturated carbocycles. The number of aromatic amines is 1. The second-order valence-electron chi connectivity index (χ2n) is 3.32. The van der Waals surface area contributed by atoms with E-state index >= 15 is 0 Å². The number of rotatable bonds is 0. The first-order chi connectivity index (χ1) is 6.89. The maximum absolute atomic E-state index is 12.4. The van der Waals surface area contributed by atoms with E-state index in [0.717, 1.165) is 27.7 Å². The maximum atomic E-state index is 12.4. The first-order valence-corrected chi connectivity index (χ1v) is 5.04. The fourth-order valence-corrected chi connectivity index (χ4v) is 1.92. The Labute approximate surface area is 92.4 Å². The summed E-state index contributed by atoms with van der Waals surface area (Å²) in [6.45, 7) is 1.80. The second kappa shape index (κ2) is 3.27. The van der Waals surface area contributed by atoms with E-state index in [1.807, 2.05) is 0 Å². The molecule has 1 aromatic heterocycles. The fraction of sp³-hybridized carbons (Fsp3) is 0.200. The highest BCUT2D eigenvalue weighted by Gasteiger charge is 2.30. The van der Waals surface area contributed by atoms with Crippen LogP contribution in [0, 0.1) is 6.92 Å². The van der Waals surface area contributed by atoms with Crippen LogP contribution in [-0.2, 0) is 6.18 Å². The molecule has 1 aromatic carbocycles. The van der Waals surface area contributed by atoms with E-state index in [4.69, 9.17) is 0 Å². The van der Waals surface area contributed by atoms with Crippen molar-refractivity contribution in [3.63, 3.8) is 0 Å². The van der Waals surface area contributed by atoms with Gasteiger partial charge < -0.3 is 4.98 Å². The van der Waals surface area contributed by atoms with E-state index in [9.17, 15) is 13.2 Å². The van der Waals surface area contributed by atoms with Crippen molar-refractivity contribution in [1.82, 2.24) is 4.98 Å². The molecule has 0 aliphatic rings. The van der Waals surface area contributed by atoms with Gasteiger partial charge in [-0.3, -0.25) is 0 Å². The molecule has 5 heteroatoms. The summed E-state index contributed by atoms with van der Waals surface area (Å²) in [7, 11) is 0. The zero-order valence-electron chi connectivity index (χ0n) is 7.74. The molecule has 2 aromatic rings. The molecule has 0 aliphatic carbocycles. The molecular formula is C10H7BrF3N. The van der Waals surface area contributed by atoms with Gasteiger partial charge in [-0.15, -0.1) is 0 Å². The van der Waals surface area contributed by atoms with Gasteiger partial charge in [-0.25, -0.2) is 0 Å². The number of aryl methyl sites for hydroxylation is 1. The Hall–Kier alpha value is -0.970. The lowest BCUT2D eigenvalue weighted by molar-refractivity contribution is -0.137. The van der Waals surface area contributed by atoms with E-state index < -0.39 is 11.7 Å². The number of benzene rings is 1.